The summed E-state index contributed by atoms with van der Waals surface area (Å²) in [5, 5.41) is 2.86. The molecule has 5 nitrogen and oxygen atoms in total. The third-order valence-electron chi connectivity index (χ3n) is 3.76. The van der Waals surface area contributed by atoms with Crippen LogP contribution < -0.4 is 5.73 Å². The molecule has 2 aromatic heterocycles. The van der Waals surface area contributed by atoms with Crippen molar-refractivity contribution in [3.63, 3.8) is 0 Å². The fraction of sp³-hybridized carbons (Fsp3) is 0.400. The van der Waals surface area contributed by atoms with Gasteiger partial charge in [0.05, 0.1) is 12.1 Å². The van der Waals surface area contributed by atoms with Gasteiger partial charge in [-0.25, -0.2) is 4.98 Å². The topological polar surface area (TPSA) is 72.1 Å². The SMILES string of the molecule is Cl.Cl.NCC1CCCN1C(=O)Cc1csc(-c2cccnc2)n1. The van der Waals surface area contributed by atoms with E-state index in [1.54, 1.807) is 23.7 Å². The predicted molar refractivity (Wildman–Crippen MR) is 97.3 cm³/mol. The minimum atomic E-state index is 0. The number of nitrogens with zero attached hydrogens (tertiary/aromatic N) is 3. The number of likely N-dealkylation sites (tertiary alicyclic amines) is 1. The van der Waals surface area contributed by atoms with Crippen LogP contribution in [0.5, 0.6) is 0 Å². The Morgan fingerprint density at radius 2 is 2.26 bits per heavy atom. The van der Waals surface area contributed by atoms with Gasteiger partial charge in [-0.05, 0) is 25.0 Å². The molecular formula is C15H20Cl2N4OS. The molecule has 0 spiro atoms. The summed E-state index contributed by atoms with van der Waals surface area (Å²) in [6.07, 6.45) is 5.94. The molecule has 1 unspecified atom stereocenters. The molecule has 3 rings (SSSR count). The minimum Gasteiger partial charge on any atom is -0.338 e. The van der Waals surface area contributed by atoms with E-state index < -0.39 is 0 Å². The van der Waals surface area contributed by atoms with Crippen molar-refractivity contribution >= 4 is 42.1 Å². The van der Waals surface area contributed by atoms with Crippen LogP contribution in [0, 0.1) is 0 Å². The molecule has 0 aliphatic carbocycles. The van der Waals surface area contributed by atoms with Crippen LogP contribution in [0.15, 0.2) is 29.9 Å². The van der Waals surface area contributed by atoms with Crippen LogP contribution in [-0.4, -0.2) is 39.9 Å². The number of amides is 1. The number of hydrogen-bond donors (Lipinski definition) is 1. The molecule has 2 N–H and O–H groups in total. The monoisotopic (exact) mass is 374 g/mol. The summed E-state index contributed by atoms with van der Waals surface area (Å²) in [6, 6.07) is 4.06. The molecule has 3 heterocycles. The van der Waals surface area contributed by atoms with Gasteiger partial charge in [-0.15, -0.1) is 36.2 Å². The van der Waals surface area contributed by atoms with Crippen LogP contribution in [0.2, 0.25) is 0 Å². The summed E-state index contributed by atoms with van der Waals surface area (Å²) in [4.78, 5) is 22.9. The summed E-state index contributed by atoms with van der Waals surface area (Å²) in [5.41, 5.74) is 7.53. The van der Waals surface area contributed by atoms with E-state index in [4.69, 9.17) is 5.73 Å². The molecule has 1 atom stereocenters. The third-order valence-corrected chi connectivity index (χ3v) is 4.70. The Labute approximate surface area is 152 Å². The fourth-order valence-electron chi connectivity index (χ4n) is 2.68. The molecule has 0 bridgehead atoms. The van der Waals surface area contributed by atoms with Crippen LogP contribution in [0.25, 0.3) is 10.6 Å². The second kappa shape index (κ2) is 9.17. The van der Waals surface area contributed by atoms with Gasteiger partial charge >= 0.3 is 0 Å². The van der Waals surface area contributed by atoms with Crippen molar-refractivity contribution in [1.82, 2.24) is 14.9 Å². The molecule has 126 valence electrons. The highest BCUT2D eigenvalue weighted by Crippen LogP contribution is 2.24. The Hall–Kier alpha value is -1.21. The standard InChI is InChI=1S/C15H18N4OS.2ClH/c16-8-13-4-2-6-19(13)14(20)7-12-10-21-15(18-12)11-3-1-5-17-9-11;;/h1,3,5,9-10,13H,2,4,6-8,16H2;2*1H. The first-order chi connectivity index (χ1) is 10.3. The number of rotatable bonds is 4. The van der Waals surface area contributed by atoms with E-state index in [0.717, 1.165) is 35.7 Å². The first kappa shape index (κ1) is 19.8. The largest absolute Gasteiger partial charge is 0.338 e. The molecule has 0 saturated carbocycles. The second-order valence-corrected chi connectivity index (χ2v) is 6.04. The lowest BCUT2D eigenvalue weighted by molar-refractivity contribution is -0.131. The molecule has 1 aliphatic rings. The lowest BCUT2D eigenvalue weighted by Gasteiger charge is -2.23. The molecule has 1 fully saturated rings. The number of halogens is 2. The average Bonchev–Trinajstić information content (AvgIpc) is 3.16. The Morgan fingerprint density at radius 1 is 1.43 bits per heavy atom. The quantitative estimate of drug-likeness (QED) is 0.892. The molecule has 0 radical (unpaired) electrons. The Bertz CT molecular complexity index is 623. The molecule has 23 heavy (non-hydrogen) atoms. The Morgan fingerprint density at radius 3 is 2.96 bits per heavy atom. The molecule has 8 heteroatoms. The van der Waals surface area contributed by atoms with E-state index in [0.29, 0.717) is 13.0 Å². The summed E-state index contributed by atoms with van der Waals surface area (Å²) >= 11 is 1.55. The number of nitrogens with two attached hydrogens (primary N) is 1. The van der Waals surface area contributed by atoms with Crippen molar-refractivity contribution in [2.75, 3.05) is 13.1 Å². The minimum absolute atomic E-state index is 0. The molecule has 1 saturated heterocycles. The second-order valence-electron chi connectivity index (χ2n) is 5.18. The Kier molecular flexibility index (Phi) is 7.91. The molecule has 1 aliphatic heterocycles. The molecule has 0 aromatic carbocycles. The summed E-state index contributed by atoms with van der Waals surface area (Å²) in [5.74, 6) is 0.131. The molecule has 2 aromatic rings. The van der Waals surface area contributed by atoms with Gasteiger partial charge in [-0.2, -0.15) is 0 Å². The first-order valence-corrected chi connectivity index (χ1v) is 8.00. The summed E-state index contributed by atoms with van der Waals surface area (Å²) in [7, 11) is 0. The highest BCUT2D eigenvalue weighted by atomic mass is 35.5. The molecule has 1 amide bonds. The average molecular weight is 375 g/mol. The van der Waals surface area contributed by atoms with Gasteiger partial charge in [-0.1, -0.05) is 0 Å². The maximum absolute atomic E-state index is 12.4. The third kappa shape index (κ3) is 4.64. The van der Waals surface area contributed by atoms with Gasteiger partial charge in [0.1, 0.15) is 5.01 Å². The van der Waals surface area contributed by atoms with Crippen LogP contribution in [-0.2, 0) is 11.2 Å². The van der Waals surface area contributed by atoms with Crippen molar-refractivity contribution in [3.05, 3.63) is 35.6 Å². The van der Waals surface area contributed by atoms with Gasteiger partial charge in [0, 0.05) is 42.5 Å². The van der Waals surface area contributed by atoms with Crippen LogP contribution in [0.3, 0.4) is 0 Å². The van der Waals surface area contributed by atoms with Crippen LogP contribution >= 0.6 is 36.2 Å². The van der Waals surface area contributed by atoms with Gasteiger partial charge in [0.25, 0.3) is 0 Å². The van der Waals surface area contributed by atoms with Gasteiger partial charge in [0.2, 0.25) is 5.91 Å². The lowest BCUT2D eigenvalue weighted by atomic mass is 10.2. The molecular weight excluding hydrogens is 355 g/mol. The number of aromatic nitrogens is 2. The van der Waals surface area contributed by atoms with E-state index in [2.05, 4.69) is 9.97 Å². The number of hydrogen-bond acceptors (Lipinski definition) is 5. The van der Waals surface area contributed by atoms with E-state index in [1.807, 2.05) is 22.4 Å². The number of thiazole rings is 1. The highest BCUT2D eigenvalue weighted by Gasteiger charge is 2.27. The van der Waals surface area contributed by atoms with E-state index >= 15 is 0 Å². The van der Waals surface area contributed by atoms with E-state index in [9.17, 15) is 4.79 Å². The van der Waals surface area contributed by atoms with Crippen molar-refractivity contribution in [3.8, 4) is 10.6 Å². The van der Waals surface area contributed by atoms with Crippen LogP contribution in [0.4, 0.5) is 0 Å². The number of carbonyl (C=O) groups excluding carboxylic acids is 1. The van der Waals surface area contributed by atoms with E-state index in [1.165, 1.54) is 0 Å². The van der Waals surface area contributed by atoms with Crippen molar-refractivity contribution in [1.29, 1.82) is 0 Å². The smallest absolute Gasteiger partial charge is 0.228 e. The highest BCUT2D eigenvalue weighted by molar-refractivity contribution is 7.13. The van der Waals surface area contributed by atoms with Crippen molar-refractivity contribution in [2.45, 2.75) is 25.3 Å². The van der Waals surface area contributed by atoms with Gasteiger partial charge < -0.3 is 10.6 Å². The zero-order chi connectivity index (χ0) is 14.7. The fourth-order valence-corrected chi connectivity index (χ4v) is 3.49. The summed E-state index contributed by atoms with van der Waals surface area (Å²) in [6.45, 7) is 1.37. The van der Waals surface area contributed by atoms with E-state index in [-0.39, 0.29) is 36.8 Å². The number of pyridine rings is 1. The first-order valence-electron chi connectivity index (χ1n) is 7.12. The maximum atomic E-state index is 12.4. The Balaban J connectivity index is 0.00000132. The van der Waals surface area contributed by atoms with Crippen LogP contribution in [0.1, 0.15) is 18.5 Å². The predicted octanol–water partition coefficient (Wildman–Crippen LogP) is 2.54. The normalized spacial score (nSPS) is 16.6. The van der Waals surface area contributed by atoms with Gasteiger partial charge in [0.15, 0.2) is 0 Å². The lowest BCUT2D eigenvalue weighted by Crippen LogP contribution is -2.40. The number of carbonyl (C=O) groups is 1. The van der Waals surface area contributed by atoms with Crippen molar-refractivity contribution in [2.24, 2.45) is 5.73 Å². The zero-order valence-corrected chi connectivity index (χ0v) is 15.0. The van der Waals surface area contributed by atoms with Gasteiger partial charge in [-0.3, -0.25) is 9.78 Å². The van der Waals surface area contributed by atoms with Crippen molar-refractivity contribution < 1.29 is 4.79 Å². The zero-order valence-electron chi connectivity index (χ0n) is 12.6. The summed E-state index contributed by atoms with van der Waals surface area (Å²) < 4.78 is 0. The maximum Gasteiger partial charge on any atom is 0.228 e.